The van der Waals surface area contributed by atoms with Gasteiger partial charge in [-0.05, 0) is 44.3 Å². The average molecular weight is 285 g/mol. The Morgan fingerprint density at radius 2 is 2.00 bits per heavy atom. The van der Waals surface area contributed by atoms with Crippen molar-refractivity contribution in [3.63, 3.8) is 0 Å². The summed E-state index contributed by atoms with van der Waals surface area (Å²) in [7, 11) is 4.14. The lowest BCUT2D eigenvalue weighted by atomic mass is 10.1. The first-order valence-electron chi connectivity index (χ1n) is 6.88. The van der Waals surface area contributed by atoms with E-state index in [0.29, 0.717) is 0 Å². The molecule has 0 unspecified atom stereocenters. The minimum atomic E-state index is 0.885. The van der Waals surface area contributed by atoms with Crippen molar-refractivity contribution in [2.24, 2.45) is 0 Å². The highest BCUT2D eigenvalue weighted by atomic mass is 32.2. The normalized spacial score (nSPS) is 13.6. The van der Waals surface area contributed by atoms with Gasteiger partial charge in [-0.25, -0.2) is 0 Å². The van der Waals surface area contributed by atoms with Crippen LogP contribution in [0.15, 0.2) is 47.4 Å². The molecule has 1 heterocycles. The van der Waals surface area contributed by atoms with E-state index in [1.165, 1.54) is 28.2 Å². The van der Waals surface area contributed by atoms with Gasteiger partial charge in [0.05, 0.1) is 0 Å². The van der Waals surface area contributed by atoms with E-state index in [4.69, 9.17) is 4.74 Å². The molecule has 2 aromatic rings. The standard InChI is InChI=1S/C17H19NOS/c1-18(2)12-14-5-3-4-6-16(14)19-15-8-7-13-9-10-20-17(13)11-15/h3-8,11H,9-10,12H2,1-2H3. The van der Waals surface area contributed by atoms with Gasteiger partial charge in [-0.3, -0.25) is 0 Å². The SMILES string of the molecule is CN(C)Cc1ccccc1Oc1ccc2c(c1)SCC2. The number of hydrogen-bond donors (Lipinski definition) is 0. The molecular weight excluding hydrogens is 266 g/mol. The van der Waals surface area contributed by atoms with Crippen LogP contribution in [0.25, 0.3) is 0 Å². The van der Waals surface area contributed by atoms with Crippen molar-refractivity contribution in [2.75, 3.05) is 19.8 Å². The van der Waals surface area contributed by atoms with Crippen molar-refractivity contribution < 1.29 is 4.74 Å². The van der Waals surface area contributed by atoms with Crippen molar-refractivity contribution in [3.8, 4) is 11.5 Å². The maximum Gasteiger partial charge on any atom is 0.131 e. The van der Waals surface area contributed by atoms with Gasteiger partial charge in [0.15, 0.2) is 0 Å². The molecule has 0 fully saturated rings. The van der Waals surface area contributed by atoms with E-state index < -0.39 is 0 Å². The summed E-state index contributed by atoms with van der Waals surface area (Å²) in [5, 5.41) is 0. The Hall–Kier alpha value is -1.45. The van der Waals surface area contributed by atoms with Crippen LogP contribution in [0, 0.1) is 0 Å². The molecule has 0 amide bonds. The smallest absolute Gasteiger partial charge is 0.131 e. The third-order valence-corrected chi connectivity index (χ3v) is 4.45. The van der Waals surface area contributed by atoms with Crippen LogP contribution in [-0.2, 0) is 13.0 Å². The Labute approximate surface area is 124 Å². The lowest BCUT2D eigenvalue weighted by molar-refractivity contribution is 0.388. The van der Waals surface area contributed by atoms with E-state index in [0.717, 1.165) is 18.0 Å². The Morgan fingerprint density at radius 3 is 2.85 bits per heavy atom. The van der Waals surface area contributed by atoms with Crippen LogP contribution in [0.2, 0.25) is 0 Å². The van der Waals surface area contributed by atoms with E-state index in [-0.39, 0.29) is 0 Å². The van der Waals surface area contributed by atoms with Crippen molar-refractivity contribution in [1.29, 1.82) is 0 Å². The highest BCUT2D eigenvalue weighted by Gasteiger charge is 2.13. The van der Waals surface area contributed by atoms with E-state index >= 15 is 0 Å². The summed E-state index contributed by atoms with van der Waals surface area (Å²) in [5.74, 6) is 3.07. The highest BCUT2D eigenvalue weighted by Crippen LogP contribution is 2.35. The second kappa shape index (κ2) is 5.90. The number of fused-ring (bicyclic) bond motifs is 1. The number of nitrogens with zero attached hydrogens (tertiary/aromatic N) is 1. The lowest BCUT2D eigenvalue weighted by Gasteiger charge is -2.15. The fraction of sp³-hybridized carbons (Fsp3) is 0.294. The number of ether oxygens (including phenoxy) is 1. The monoisotopic (exact) mass is 285 g/mol. The van der Waals surface area contributed by atoms with Crippen molar-refractivity contribution in [3.05, 3.63) is 53.6 Å². The van der Waals surface area contributed by atoms with Gasteiger partial charge in [0, 0.05) is 22.8 Å². The van der Waals surface area contributed by atoms with Crippen LogP contribution in [0.4, 0.5) is 0 Å². The molecule has 0 bridgehead atoms. The number of benzene rings is 2. The van der Waals surface area contributed by atoms with Crippen molar-refractivity contribution in [2.45, 2.75) is 17.9 Å². The Morgan fingerprint density at radius 1 is 1.15 bits per heavy atom. The zero-order chi connectivity index (χ0) is 13.9. The minimum absolute atomic E-state index is 0.885. The number of hydrogen-bond acceptors (Lipinski definition) is 3. The zero-order valence-electron chi connectivity index (χ0n) is 11.9. The highest BCUT2D eigenvalue weighted by molar-refractivity contribution is 7.99. The third kappa shape index (κ3) is 3.00. The quantitative estimate of drug-likeness (QED) is 0.836. The van der Waals surface area contributed by atoms with Crippen LogP contribution in [-0.4, -0.2) is 24.7 Å². The third-order valence-electron chi connectivity index (χ3n) is 3.35. The molecule has 0 atom stereocenters. The summed E-state index contributed by atoms with van der Waals surface area (Å²) in [4.78, 5) is 3.52. The van der Waals surface area contributed by atoms with Gasteiger partial charge in [0.2, 0.25) is 0 Å². The summed E-state index contributed by atoms with van der Waals surface area (Å²) in [6, 6.07) is 14.7. The number of thioether (sulfide) groups is 1. The van der Waals surface area contributed by atoms with Gasteiger partial charge in [-0.15, -0.1) is 11.8 Å². The first kappa shape index (κ1) is 13.5. The minimum Gasteiger partial charge on any atom is -0.457 e. The van der Waals surface area contributed by atoms with Crippen LogP contribution >= 0.6 is 11.8 Å². The molecule has 104 valence electrons. The molecule has 0 N–H and O–H groups in total. The van der Waals surface area contributed by atoms with E-state index in [9.17, 15) is 0 Å². The topological polar surface area (TPSA) is 12.5 Å². The van der Waals surface area contributed by atoms with Gasteiger partial charge in [0.25, 0.3) is 0 Å². The molecule has 20 heavy (non-hydrogen) atoms. The molecule has 0 aromatic heterocycles. The maximum absolute atomic E-state index is 6.10. The van der Waals surface area contributed by atoms with E-state index in [2.05, 4.69) is 49.3 Å². The van der Waals surface area contributed by atoms with Gasteiger partial charge in [0.1, 0.15) is 11.5 Å². The second-order valence-electron chi connectivity index (χ2n) is 5.32. The predicted molar refractivity (Wildman–Crippen MR) is 84.8 cm³/mol. The molecular formula is C17H19NOS. The molecule has 3 rings (SSSR count). The van der Waals surface area contributed by atoms with Gasteiger partial charge >= 0.3 is 0 Å². The Kier molecular flexibility index (Phi) is 3.99. The molecule has 0 radical (unpaired) electrons. The summed E-state index contributed by atoms with van der Waals surface area (Å²) < 4.78 is 6.10. The van der Waals surface area contributed by atoms with Crippen molar-refractivity contribution >= 4 is 11.8 Å². The molecule has 1 aliphatic heterocycles. The van der Waals surface area contributed by atoms with Gasteiger partial charge in [-0.2, -0.15) is 0 Å². The van der Waals surface area contributed by atoms with Crippen molar-refractivity contribution in [1.82, 2.24) is 4.90 Å². The molecule has 0 saturated carbocycles. The Balaban J connectivity index is 1.84. The van der Waals surface area contributed by atoms with Gasteiger partial charge < -0.3 is 9.64 Å². The molecule has 0 saturated heterocycles. The number of aryl methyl sites for hydroxylation is 1. The maximum atomic E-state index is 6.10. The molecule has 1 aliphatic rings. The van der Waals surface area contributed by atoms with Crippen LogP contribution in [0.1, 0.15) is 11.1 Å². The fourth-order valence-electron chi connectivity index (χ4n) is 2.41. The van der Waals surface area contributed by atoms with E-state index in [1.54, 1.807) is 0 Å². The summed E-state index contributed by atoms with van der Waals surface area (Å²) in [6.45, 7) is 0.885. The molecule has 0 aliphatic carbocycles. The second-order valence-corrected chi connectivity index (χ2v) is 6.45. The molecule has 0 spiro atoms. The number of rotatable bonds is 4. The summed E-state index contributed by atoms with van der Waals surface area (Å²) in [6.07, 6.45) is 1.18. The van der Waals surface area contributed by atoms with E-state index in [1.807, 2.05) is 23.9 Å². The summed E-state index contributed by atoms with van der Waals surface area (Å²) in [5.41, 5.74) is 2.66. The van der Waals surface area contributed by atoms with Crippen LogP contribution < -0.4 is 4.74 Å². The zero-order valence-corrected chi connectivity index (χ0v) is 12.7. The average Bonchev–Trinajstić information content (AvgIpc) is 2.88. The number of para-hydroxylation sites is 1. The molecule has 3 heteroatoms. The first-order valence-corrected chi connectivity index (χ1v) is 7.87. The van der Waals surface area contributed by atoms with Crippen LogP contribution in [0.3, 0.4) is 0 Å². The lowest BCUT2D eigenvalue weighted by Crippen LogP contribution is -2.11. The Bertz CT molecular complexity index is 610. The summed E-state index contributed by atoms with van der Waals surface area (Å²) >= 11 is 1.92. The molecule has 2 nitrogen and oxygen atoms in total. The first-order chi connectivity index (χ1) is 9.72. The largest absolute Gasteiger partial charge is 0.457 e. The predicted octanol–water partition coefficient (Wildman–Crippen LogP) is 4.19. The fourth-order valence-corrected chi connectivity index (χ4v) is 3.51. The molecule has 2 aromatic carbocycles. The van der Waals surface area contributed by atoms with Crippen LogP contribution in [0.5, 0.6) is 11.5 Å². The van der Waals surface area contributed by atoms with Gasteiger partial charge in [-0.1, -0.05) is 24.3 Å².